The average molecular weight is 302 g/mol. The summed E-state index contributed by atoms with van der Waals surface area (Å²) in [4.78, 5) is -0.102. The Morgan fingerprint density at radius 1 is 1.30 bits per heavy atom. The first-order chi connectivity index (χ1) is 9.38. The van der Waals surface area contributed by atoms with Crippen molar-refractivity contribution in [3.8, 4) is 0 Å². The molecule has 1 aromatic carbocycles. The molecule has 0 atom stereocenters. The van der Waals surface area contributed by atoms with E-state index >= 15 is 0 Å². The van der Waals surface area contributed by atoms with E-state index in [2.05, 4.69) is 4.72 Å². The number of hydrogen-bond acceptors (Lipinski definition) is 4. The lowest BCUT2D eigenvalue weighted by atomic mass is 9.88. The van der Waals surface area contributed by atoms with Gasteiger partial charge >= 0.3 is 0 Å². The maximum Gasteiger partial charge on any atom is 0.242 e. The Balaban J connectivity index is 2.00. The number of aliphatic hydroxyl groups excluding tert-OH is 1. The van der Waals surface area contributed by atoms with Crippen LogP contribution in [0.2, 0.25) is 0 Å². The van der Waals surface area contributed by atoms with Crippen molar-refractivity contribution in [1.82, 2.24) is 4.72 Å². The fourth-order valence-corrected chi connectivity index (χ4v) is 3.65. The van der Waals surface area contributed by atoms with Gasteiger partial charge < -0.3 is 10.8 Å². The molecule has 0 aromatic heterocycles. The van der Waals surface area contributed by atoms with Crippen LogP contribution in [0.1, 0.15) is 25.7 Å². The molecule has 1 saturated carbocycles. The van der Waals surface area contributed by atoms with Crippen molar-refractivity contribution in [3.63, 3.8) is 0 Å². The Labute approximate surface area is 118 Å². The summed E-state index contributed by atoms with van der Waals surface area (Å²) in [6.45, 7) is 0.311. The number of hydrogen-bond donors (Lipinski definition) is 3. The van der Waals surface area contributed by atoms with Gasteiger partial charge in [-0.15, -0.1) is 0 Å². The van der Waals surface area contributed by atoms with Crippen molar-refractivity contribution in [1.29, 1.82) is 0 Å². The molecule has 4 N–H and O–H groups in total. The second-order valence-corrected chi connectivity index (χ2v) is 6.94. The van der Waals surface area contributed by atoms with Gasteiger partial charge in [-0.1, -0.05) is 0 Å². The molecule has 112 valence electrons. The summed E-state index contributed by atoms with van der Waals surface area (Å²) in [5.41, 5.74) is 5.44. The van der Waals surface area contributed by atoms with Crippen molar-refractivity contribution in [2.45, 2.75) is 36.7 Å². The van der Waals surface area contributed by atoms with Crippen LogP contribution in [0, 0.1) is 11.7 Å². The largest absolute Gasteiger partial charge is 0.398 e. The van der Waals surface area contributed by atoms with Crippen molar-refractivity contribution in [2.75, 3.05) is 12.3 Å². The van der Waals surface area contributed by atoms with Crippen LogP contribution in [-0.2, 0) is 10.0 Å². The number of halogens is 1. The first-order valence-electron chi connectivity index (χ1n) is 6.61. The summed E-state index contributed by atoms with van der Waals surface area (Å²) in [6, 6.07) is 3.23. The van der Waals surface area contributed by atoms with Crippen LogP contribution in [0.4, 0.5) is 10.1 Å². The van der Waals surface area contributed by atoms with E-state index in [1.165, 1.54) is 0 Å². The molecule has 0 amide bonds. The number of nitrogen functional groups attached to an aromatic ring is 1. The molecule has 5 nitrogen and oxygen atoms in total. The van der Waals surface area contributed by atoms with E-state index in [9.17, 15) is 17.9 Å². The minimum Gasteiger partial charge on any atom is -0.398 e. The van der Waals surface area contributed by atoms with E-state index in [0.717, 1.165) is 31.0 Å². The summed E-state index contributed by atoms with van der Waals surface area (Å²) in [5.74, 6) is -0.349. The average Bonchev–Trinajstić information content (AvgIpc) is 2.37. The van der Waals surface area contributed by atoms with Gasteiger partial charge in [0, 0.05) is 6.54 Å². The third kappa shape index (κ3) is 3.68. The van der Waals surface area contributed by atoms with Gasteiger partial charge in [-0.05, 0) is 49.8 Å². The lowest BCUT2D eigenvalue weighted by Crippen LogP contribution is -2.32. The van der Waals surface area contributed by atoms with Gasteiger partial charge in [0.2, 0.25) is 10.0 Å². The molecule has 7 heteroatoms. The highest BCUT2D eigenvalue weighted by Gasteiger charge is 2.23. The van der Waals surface area contributed by atoms with Crippen LogP contribution in [0.25, 0.3) is 0 Å². The molecule has 2 rings (SSSR count). The lowest BCUT2D eigenvalue weighted by molar-refractivity contribution is 0.110. The fourth-order valence-electron chi connectivity index (χ4n) is 2.42. The molecular weight excluding hydrogens is 283 g/mol. The van der Waals surface area contributed by atoms with E-state index in [-0.39, 0.29) is 22.6 Å². The number of sulfonamides is 1. The third-order valence-corrected chi connectivity index (χ3v) is 5.14. The second kappa shape index (κ2) is 6.07. The van der Waals surface area contributed by atoms with Gasteiger partial charge in [-0.3, -0.25) is 0 Å². The molecule has 1 aliphatic rings. The summed E-state index contributed by atoms with van der Waals surface area (Å²) in [7, 11) is -3.72. The van der Waals surface area contributed by atoms with E-state index in [4.69, 9.17) is 5.73 Å². The predicted molar refractivity (Wildman–Crippen MR) is 74.0 cm³/mol. The minimum atomic E-state index is -3.72. The highest BCUT2D eigenvalue weighted by Crippen LogP contribution is 2.24. The molecule has 0 unspecified atom stereocenters. The normalized spacial score (nSPS) is 23.7. The Hall–Kier alpha value is -1.18. The number of nitrogens with one attached hydrogen (secondary N) is 1. The van der Waals surface area contributed by atoms with Gasteiger partial charge in [0.05, 0.1) is 11.8 Å². The zero-order valence-electron chi connectivity index (χ0n) is 11.0. The Morgan fingerprint density at radius 3 is 2.55 bits per heavy atom. The molecule has 20 heavy (non-hydrogen) atoms. The molecule has 0 aliphatic heterocycles. The van der Waals surface area contributed by atoms with Crippen molar-refractivity contribution < 1.29 is 17.9 Å². The quantitative estimate of drug-likeness (QED) is 0.730. The topological polar surface area (TPSA) is 92.4 Å². The maximum absolute atomic E-state index is 12.9. The van der Waals surface area contributed by atoms with E-state index in [1.807, 2.05) is 0 Å². The van der Waals surface area contributed by atoms with Gasteiger partial charge in [0.25, 0.3) is 0 Å². The molecule has 0 saturated heterocycles. The van der Waals surface area contributed by atoms with Crippen LogP contribution >= 0.6 is 0 Å². The predicted octanol–water partition coefficient (Wildman–Crippen LogP) is 1.24. The van der Waals surface area contributed by atoms with Crippen molar-refractivity contribution in [2.24, 2.45) is 5.92 Å². The summed E-state index contributed by atoms with van der Waals surface area (Å²) in [6.07, 6.45) is 2.72. The summed E-state index contributed by atoms with van der Waals surface area (Å²) in [5, 5.41) is 9.40. The lowest BCUT2D eigenvalue weighted by Gasteiger charge is -2.25. The molecule has 0 heterocycles. The van der Waals surface area contributed by atoms with E-state index in [0.29, 0.717) is 19.4 Å². The third-order valence-electron chi connectivity index (χ3n) is 3.64. The number of aliphatic hydroxyl groups is 1. The monoisotopic (exact) mass is 302 g/mol. The molecule has 1 fully saturated rings. The zero-order chi connectivity index (χ0) is 14.8. The van der Waals surface area contributed by atoms with Crippen molar-refractivity contribution >= 4 is 15.7 Å². The van der Waals surface area contributed by atoms with Gasteiger partial charge in [0.1, 0.15) is 10.7 Å². The molecule has 0 radical (unpaired) electrons. The van der Waals surface area contributed by atoms with E-state index in [1.54, 1.807) is 0 Å². The SMILES string of the molecule is Nc1cc(F)ccc1S(=O)(=O)NCC1CCC(O)CC1. The zero-order valence-corrected chi connectivity index (χ0v) is 11.9. The molecule has 1 aliphatic carbocycles. The molecule has 0 bridgehead atoms. The minimum absolute atomic E-state index is 0.100. The van der Waals surface area contributed by atoms with Crippen LogP contribution in [0.5, 0.6) is 0 Å². The van der Waals surface area contributed by atoms with Gasteiger partial charge in [-0.25, -0.2) is 17.5 Å². The highest BCUT2D eigenvalue weighted by atomic mass is 32.2. The van der Waals surface area contributed by atoms with Crippen LogP contribution in [0.15, 0.2) is 23.1 Å². The Kier molecular flexibility index (Phi) is 4.62. The second-order valence-electron chi connectivity index (χ2n) is 5.21. The summed E-state index contributed by atoms with van der Waals surface area (Å²) >= 11 is 0. The summed E-state index contributed by atoms with van der Waals surface area (Å²) < 4.78 is 39.7. The number of anilines is 1. The standard InChI is InChI=1S/C13H19FN2O3S/c14-10-3-6-13(12(15)7-10)20(18,19)16-8-9-1-4-11(17)5-2-9/h3,6-7,9,11,16-17H,1-2,4-5,8,15H2. The number of benzene rings is 1. The Morgan fingerprint density at radius 2 is 1.95 bits per heavy atom. The molecule has 0 spiro atoms. The fraction of sp³-hybridized carbons (Fsp3) is 0.538. The first kappa shape index (κ1) is 15.2. The smallest absolute Gasteiger partial charge is 0.242 e. The number of nitrogens with two attached hydrogens (primary N) is 1. The van der Waals surface area contributed by atoms with Crippen molar-refractivity contribution in [3.05, 3.63) is 24.0 Å². The van der Waals surface area contributed by atoms with E-state index < -0.39 is 15.8 Å². The van der Waals surface area contributed by atoms with Gasteiger partial charge in [0.15, 0.2) is 0 Å². The van der Waals surface area contributed by atoms with Crippen LogP contribution in [-0.4, -0.2) is 26.2 Å². The number of rotatable bonds is 4. The maximum atomic E-state index is 12.9. The van der Waals surface area contributed by atoms with Crippen LogP contribution in [0.3, 0.4) is 0 Å². The first-order valence-corrected chi connectivity index (χ1v) is 8.09. The molecule has 1 aromatic rings. The van der Waals surface area contributed by atoms with Gasteiger partial charge in [-0.2, -0.15) is 0 Å². The Bertz CT molecular complexity index is 569. The molecular formula is C13H19FN2O3S. The van der Waals surface area contributed by atoms with Crippen LogP contribution < -0.4 is 10.5 Å². The highest BCUT2D eigenvalue weighted by molar-refractivity contribution is 7.89.